The van der Waals surface area contributed by atoms with Gasteiger partial charge in [-0.25, -0.2) is 0 Å². The molecule has 0 aliphatic rings. The van der Waals surface area contributed by atoms with Gasteiger partial charge in [0.25, 0.3) is 0 Å². The molecule has 0 bridgehead atoms. The minimum absolute atomic E-state index is 0.0252. The smallest absolute Gasteiger partial charge is 0.0892 e. The van der Waals surface area contributed by atoms with Crippen LogP contribution in [-0.4, -0.2) is 10.9 Å². The molecule has 2 aromatic carbocycles. The molecule has 0 amide bonds. The minimum atomic E-state index is -0.0252. The van der Waals surface area contributed by atoms with Crippen LogP contribution in [0.4, 0.5) is 5.69 Å². The highest BCUT2D eigenvalue weighted by Gasteiger charge is 2.17. The number of anilines is 1. The lowest BCUT2D eigenvalue weighted by molar-refractivity contribution is 0.317. The third-order valence-electron chi connectivity index (χ3n) is 3.77. The van der Waals surface area contributed by atoms with Crippen LogP contribution in [0.1, 0.15) is 22.9 Å². The molecule has 0 saturated heterocycles. The number of nitrogens with zero attached hydrogens (tertiary/aromatic N) is 1. The molecule has 0 saturated carbocycles. The van der Waals surface area contributed by atoms with Crippen molar-refractivity contribution in [3.05, 3.63) is 86.5 Å². The molecule has 3 aromatic rings. The number of hydrogen-bond donors (Lipinski definition) is 2. The van der Waals surface area contributed by atoms with Crippen LogP contribution in [0.15, 0.2) is 71.2 Å². The van der Waals surface area contributed by atoms with E-state index in [-0.39, 0.29) is 6.04 Å². The van der Waals surface area contributed by atoms with E-state index in [1.807, 2.05) is 47.8 Å². The van der Waals surface area contributed by atoms with Crippen molar-refractivity contribution in [2.45, 2.75) is 12.5 Å². The summed E-state index contributed by atoms with van der Waals surface area (Å²) in [5.74, 6) is 0. The monoisotopic (exact) mass is 390 g/mol. The normalized spacial score (nSPS) is 12.8. The average Bonchev–Trinajstić information content (AvgIpc) is 3.16. The predicted octanol–water partition coefficient (Wildman–Crippen LogP) is 6.48. The summed E-state index contributed by atoms with van der Waals surface area (Å²) in [5.41, 5.74) is 2.39. The molecular formula is C19H16Cl2N2OS. The first-order chi connectivity index (χ1) is 12.2. The van der Waals surface area contributed by atoms with Crippen molar-refractivity contribution in [1.82, 2.24) is 0 Å². The first-order valence-corrected chi connectivity index (χ1v) is 9.31. The van der Waals surface area contributed by atoms with Crippen LogP contribution in [0.2, 0.25) is 10.0 Å². The van der Waals surface area contributed by atoms with Gasteiger partial charge in [-0.15, -0.1) is 11.3 Å². The maximum Gasteiger partial charge on any atom is 0.0892 e. The first kappa shape index (κ1) is 17.8. The zero-order chi connectivity index (χ0) is 17.6. The number of benzene rings is 2. The number of halogens is 2. The molecule has 1 heterocycles. The fraction of sp³-hybridized carbons (Fsp3) is 0.105. The van der Waals surface area contributed by atoms with E-state index in [1.54, 1.807) is 23.5 Å². The average molecular weight is 391 g/mol. The number of hydrogen-bond acceptors (Lipinski definition) is 4. The van der Waals surface area contributed by atoms with Gasteiger partial charge in [-0.05, 0) is 53.4 Å². The Balaban J connectivity index is 1.84. The van der Waals surface area contributed by atoms with Gasteiger partial charge in [0.15, 0.2) is 0 Å². The third-order valence-corrected chi connectivity index (χ3v) is 5.26. The summed E-state index contributed by atoms with van der Waals surface area (Å²) in [6, 6.07) is 18.9. The standard InChI is InChI=1S/C19H16Cl2N2OS/c20-14-5-3-13(4-6-14)17(23-24)12-18(19-2-1-11-25-19)22-16-9-7-15(21)8-10-16/h1-11,18,22,24H,12H2/b23-17-. The maximum atomic E-state index is 9.51. The fourth-order valence-corrected chi connectivity index (χ4v) is 3.54. The van der Waals surface area contributed by atoms with Gasteiger partial charge in [0.2, 0.25) is 0 Å². The Morgan fingerprint density at radius 2 is 1.64 bits per heavy atom. The van der Waals surface area contributed by atoms with E-state index in [0.29, 0.717) is 22.2 Å². The summed E-state index contributed by atoms with van der Waals surface area (Å²) in [7, 11) is 0. The van der Waals surface area contributed by atoms with E-state index in [9.17, 15) is 5.21 Å². The van der Waals surface area contributed by atoms with Crippen LogP contribution in [0.5, 0.6) is 0 Å². The van der Waals surface area contributed by atoms with Crippen LogP contribution < -0.4 is 5.32 Å². The molecule has 25 heavy (non-hydrogen) atoms. The van der Waals surface area contributed by atoms with E-state index in [0.717, 1.165) is 16.1 Å². The highest BCUT2D eigenvalue weighted by atomic mass is 35.5. The second kappa shape index (κ2) is 8.39. The van der Waals surface area contributed by atoms with E-state index < -0.39 is 0 Å². The first-order valence-electron chi connectivity index (χ1n) is 7.68. The molecule has 1 aromatic heterocycles. The fourth-order valence-electron chi connectivity index (χ4n) is 2.51. The van der Waals surface area contributed by atoms with Gasteiger partial charge in [-0.2, -0.15) is 0 Å². The molecular weight excluding hydrogens is 375 g/mol. The molecule has 6 heteroatoms. The lowest BCUT2D eigenvalue weighted by Gasteiger charge is -2.19. The Kier molecular flexibility index (Phi) is 5.97. The Bertz CT molecular complexity index is 831. The lowest BCUT2D eigenvalue weighted by Crippen LogP contribution is -2.15. The van der Waals surface area contributed by atoms with Crippen LogP contribution >= 0.6 is 34.5 Å². The summed E-state index contributed by atoms with van der Waals surface area (Å²) in [5, 5.41) is 19.9. The van der Waals surface area contributed by atoms with Crippen LogP contribution in [0.3, 0.4) is 0 Å². The van der Waals surface area contributed by atoms with Crippen molar-refractivity contribution in [3.8, 4) is 0 Å². The molecule has 3 rings (SSSR count). The highest BCUT2D eigenvalue weighted by Crippen LogP contribution is 2.29. The van der Waals surface area contributed by atoms with Gasteiger partial charge >= 0.3 is 0 Å². The molecule has 1 atom stereocenters. The van der Waals surface area contributed by atoms with Gasteiger partial charge in [-0.3, -0.25) is 0 Å². The molecule has 1 unspecified atom stereocenters. The topological polar surface area (TPSA) is 44.6 Å². The molecule has 0 fully saturated rings. The zero-order valence-electron chi connectivity index (χ0n) is 13.2. The lowest BCUT2D eigenvalue weighted by atomic mass is 10.0. The van der Waals surface area contributed by atoms with E-state index >= 15 is 0 Å². The minimum Gasteiger partial charge on any atom is -0.411 e. The van der Waals surface area contributed by atoms with Crippen LogP contribution in [0, 0.1) is 0 Å². The predicted molar refractivity (Wildman–Crippen MR) is 107 cm³/mol. The summed E-state index contributed by atoms with van der Waals surface area (Å²) in [6.45, 7) is 0. The molecule has 0 aliphatic heterocycles. The van der Waals surface area contributed by atoms with Gasteiger partial charge in [0.1, 0.15) is 0 Å². The van der Waals surface area contributed by atoms with Gasteiger partial charge in [-0.1, -0.05) is 46.6 Å². The number of thiophene rings is 1. The number of oxime groups is 1. The summed E-state index contributed by atoms with van der Waals surface area (Å²) in [6.07, 6.45) is 0.529. The van der Waals surface area contributed by atoms with Gasteiger partial charge in [0.05, 0.1) is 11.8 Å². The van der Waals surface area contributed by atoms with Crippen LogP contribution in [0.25, 0.3) is 0 Å². The molecule has 0 spiro atoms. The van der Waals surface area contributed by atoms with Gasteiger partial charge in [0, 0.05) is 27.0 Å². The van der Waals surface area contributed by atoms with E-state index in [1.165, 1.54) is 0 Å². The van der Waals surface area contributed by atoms with Crippen molar-refractivity contribution in [2.75, 3.05) is 5.32 Å². The summed E-state index contributed by atoms with van der Waals surface area (Å²) >= 11 is 13.6. The molecule has 2 N–H and O–H groups in total. The highest BCUT2D eigenvalue weighted by molar-refractivity contribution is 7.10. The Morgan fingerprint density at radius 1 is 1.00 bits per heavy atom. The zero-order valence-corrected chi connectivity index (χ0v) is 15.5. The second-order valence-electron chi connectivity index (χ2n) is 5.48. The van der Waals surface area contributed by atoms with Crippen molar-refractivity contribution < 1.29 is 5.21 Å². The van der Waals surface area contributed by atoms with Crippen molar-refractivity contribution in [2.24, 2.45) is 5.16 Å². The third kappa shape index (κ3) is 4.75. The van der Waals surface area contributed by atoms with E-state index in [2.05, 4.69) is 16.5 Å². The second-order valence-corrected chi connectivity index (χ2v) is 7.33. The summed E-state index contributed by atoms with van der Waals surface area (Å²) < 4.78 is 0. The Labute approximate surface area is 160 Å². The maximum absolute atomic E-state index is 9.51. The number of rotatable bonds is 6. The molecule has 0 aliphatic carbocycles. The Morgan fingerprint density at radius 3 is 2.20 bits per heavy atom. The van der Waals surface area contributed by atoms with Crippen molar-refractivity contribution >= 4 is 45.9 Å². The van der Waals surface area contributed by atoms with Crippen molar-refractivity contribution in [3.63, 3.8) is 0 Å². The van der Waals surface area contributed by atoms with Gasteiger partial charge < -0.3 is 10.5 Å². The molecule has 3 nitrogen and oxygen atoms in total. The van der Waals surface area contributed by atoms with Crippen LogP contribution in [-0.2, 0) is 0 Å². The largest absolute Gasteiger partial charge is 0.411 e. The molecule has 128 valence electrons. The van der Waals surface area contributed by atoms with E-state index in [4.69, 9.17) is 23.2 Å². The number of nitrogens with one attached hydrogen (secondary N) is 1. The quantitative estimate of drug-likeness (QED) is 0.287. The Hall–Kier alpha value is -2.01. The molecule has 0 radical (unpaired) electrons. The SMILES string of the molecule is O/N=C(/CC(Nc1ccc(Cl)cc1)c1cccs1)c1ccc(Cl)cc1. The van der Waals surface area contributed by atoms with Crippen molar-refractivity contribution in [1.29, 1.82) is 0 Å². The summed E-state index contributed by atoms with van der Waals surface area (Å²) in [4.78, 5) is 1.16.